The van der Waals surface area contributed by atoms with Gasteiger partial charge in [0.05, 0.1) is 5.69 Å². The number of hydrogen-bond acceptors (Lipinski definition) is 5. The van der Waals surface area contributed by atoms with E-state index in [0.29, 0.717) is 0 Å². The number of aromatic carboxylic acids is 1. The van der Waals surface area contributed by atoms with E-state index in [4.69, 9.17) is 10.4 Å². The molecular formula is C13H8FN3O3S. The number of hydrogen-bond donors (Lipinski definition) is 2. The molecule has 2 aromatic rings. The fourth-order valence-electron chi connectivity index (χ4n) is 1.79. The van der Waals surface area contributed by atoms with E-state index in [1.807, 2.05) is 0 Å². The van der Waals surface area contributed by atoms with E-state index < -0.39 is 22.9 Å². The molecule has 0 saturated heterocycles. The maximum absolute atomic E-state index is 13.7. The van der Waals surface area contributed by atoms with E-state index >= 15 is 0 Å². The average Bonchev–Trinajstić information content (AvgIpc) is 2.45. The number of carbonyl (C=O) groups is 1. The van der Waals surface area contributed by atoms with Crippen LogP contribution in [0.1, 0.15) is 15.9 Å². The SMILES string of the molecule is CSc1nc(-c2cccc(F)c2C(=O)O)c(C#N)c(=O)[nH]1. The number of H-pyrrole nitrogens is 1. The zero-order chi connectivity index (χ0) is 15.6. The molecule has 0 fully saturated rings. The molecule has 0 atom stereocenters. The van der Waals surface area contributed by atoms with Crippen molar-refractivity contribution in [3.05, 3.63) is 45.5 Å². The summed E-state index contributed by atoms with van der Waals surface area (Å²) in [5.41, 5.74) is -1.95. The minimum atomic E-state index is -1.50. The standard InChI is InChI=1S/C13H8FN3O3S/c1-21-13-16-10(7(5-15)11(18)17-13)6-3-2-4-8(14)9(6)12(19)20/h2-4H,1H3,(H,19,20)(H,16,17,18). The summed E-state index contributed by atoms with van der Waals surface area (Å²) in [6.45, 7) is 0. The Bertz CT molecular complexity index is 826. The van der Waals surface area contributed by atoms with Gasteiger partial charge in [-0.3, -0.25) is 4.79 Å². The van der Waals surface area contributed by atoms with Crippen LogP contribution in [-0.4, -0.2) is 27.3 Å². The Labute approximate surface area is 122 Å². The van der Waals surface area contributed by atoms with E-state index in [-0.39, 0.29) is 22.0 Å². The molecule has 8 heteroatoms. The second kappa shape index (κ2) is 5.76. The summed E-state index contributed by atoms with van der Waals surface area (Å²) in [5.74, 6) is -2.46. The molecule has 0 amide bonds. The highest BCUT2D eigenvalue weighted by Gasteiger charge is 2.22. The van der Waals surface area contributed by atoms with Gasteiger partial charge >= 0.3 is 5.97 Å². The van der Waals surface area contributed by atoms with Gasteiger partial charge < -0.3 is 10.1 Å². The van der Waals surface area contributed by atoms with E-state index in [1.54, 1.807) is 12.3 Å². The van der Waals surface area contributed by atoms with Crippen LogP contribution in [0.15, 0.2) is 28.2 Å². The van der Waals surface area contributed by atoms with Crippen LogP contribution in [0.25, 0.3) is 11.3 Å². The second-order valence-electron chi connectivity index (χ2n) is 3.88. The number of rotatable bonds is 3. The van der Waals surface area contributed by atoms with Gasteiger partial charge in [-0.2, -0.15) is 5.26 Å². The van der Waals surface area contributed by atoms with Crippen molar-refractivity contribution in [3.8, 4) is 17.3 Å². The van der Waals surface area contributed by atoms with Crippen molar-refractivity contribution in [1.82, 2.24) is 9.97 Å². The van der Waals surface area contributed by atoms with Crippen LogP contribution >= 0.6 is 11.8 Å². The molecule has 21 heavy (non-hydrogen) atoms. The Morgan fingerprint density at radius 3 is 2.81 bits per heavy atom. The second-order valence-corrected chi connectivity index (χ2v) is 4.67. The lowest BCUT2D eigenvalue weighted by Gasteiger charge is -2.08. The van der Waals surface area contributed by atoms with Crippen molar-refractivity contribution in [2.24, 2.45) is 0 Å². The largest absolute Gasteiger partial charge is 0.478 e. The van der Waals surface area contributed by atoms with Gasteiger partial charge in [-0.1, -0.05) is 23.9 Å². The maximum atomic E-state index is 13.7. The Morgan fingerprint density at radius 2 is 2.24 bits per heavy atom. The summed E-state index contributed by atoms with van der Waals surface area (Å²) in [5, 5.41) is 18.4. The normalized spacial score (nSPS) is 10.1. The predicted molar refractivity (Wildman–Crippen MR) is 73.7 cm³/mol. The van der Waals surface area contributed by atoms with Gasteiger partial charge in [0.1, 0.15) is 23.0 Å². The van der Waals surface area contributed by atoms with Crippen molar-refractivity contribution in [2.45, 2.75) is 5.16 Å². The first kappa shape index (κ1) is 14.7. The lowest BCUT2D eigenvalue weighted by Crippen LogP contribution is -2.16. The molecule has 6 nitrogen and oxygen atoms in total. The lowest BCUT2D eigenvalue weighted by molar-refractivity contribution is 0.0693. The zero-order valence-electron chi connectivity index (χ0n) is 10.7. The fourth-order valence-corrected chi connectivity index (χ4v) is 2.16. The van der Waals surface area contributed by atoms with Crippen LogP contribution in [0.3, 0.4) is 0 Å². The first-order valence-corrected chi connectivity index (χ1v) is 6.82. The third kappa shape index (κ3) is 2.64. The quantitative estimate of drug-likeness (QED) is 0.662. The van der Waals surface area contributed by atoms with Gasteiger partial charge in [-0.15, -0.1) is 0 Å². The smallest absolute Gasteiger partial charge is 0.339 e. The lowest BCUT2D eigenvalue weighted by atomic mass is 10.0. The summed E-state index contributed by atoms with van der Waals surface area (Å²) >= 11 is 1.11. The molecule has 0 radical (unpaired) electrons. The number of nitriles is 1. The first-order valence-electron chi connectivity index (χ1n) is 5.60. The molecule has 0 aliphatic rings. The molecule has 1 aromatic heterocycles. The molecule has 2 rings (SSSR count). The average molecular weight is 305 g/mol. The number of nitrogens with zero attached hydrogens (tertiary/aromatic N) is 2. The molecule has 0 bridgehead atoms. The number of thioether (sulfide) groups is 1. The highest BCUT2D eigenvalue weighted by molar-refractivity contribution is 7.98. The Balaban J connectivity index is 2.88. The number of carboxylic acids is 1. The van der Waals surface area contributed by atoms with Gasteiger partial charge in [-0.25, -0.2) is 14.2 Å². The molecule has 0 unspecified atom stereocenters. The fraction of sp³-hybridized carbons (Fsp3) is 0.0769. The molecule has 0 saturated carbocycles. The number of carboxylic acid groups (broad SMARTS) is 1. The van der Waals surface area contributed by atoms with Gasteiger partial charge in [-0.05, 0) is 12.3 Å². The number of aromatic nitrogens is 2. The highest BCUT2D eigenvalue weighted by atomic mass is 32.2. The molecular weight excluding hydrogens is 297 g/mol. The van der Waals surface area contributed by atoms with Crippen molar-refractivity contribution >= 4 is 17.7 Å². The number of nitrogens with one attached hydrogen (secondary N) is 1. The van der Waals surface area contributed by atoms with Crippen molar-refractivity contribution < 1.29 is 14.3 Å². The van der Waals surface area contributed by atoms with Crippen molar-refractivity contribution in [1.29, 1.82) is 5.26 Å². The highest BCUT2D eigenvalue weighted by Crippen LogP contribution is 2.26. The van der Waals surface area contributed by atoms with Crippen LogP contribution in [0.2, 0.25) is 0 Å². The minimum absolute atomic E-state index is 0.111. The Hall–Kier alpha value is -2.66. The first-order chi connectivity index (χ1) is 9.99. The van der Waals surface area contributed by atoms with Crippen LogP contribution < -0.4 is 5.56 Å². The Kier molecular flexibility index (Phi) is 4.05. The van der Waals surface area contributed by atoms with Crippen LogP contribution in [0.5, 0.6) is 0 Å². The van der Waals surface area contributed by atoms with Crippen LogP contribution in [-0.2, 0) is 0 Å². The number of benzene rings is 1. The van der Waals surface area contributed by atoms with Crippen molar-refractivity contribution in [3.63, 3.8) is 0 Å². The topological polar surface area (TPSA) is 107 Å². The van der Waals surface area contributed by atoms with E-state index in [9.17, 15) is 14.0 Å². The van der Waals surface area contributed by atoms with Crippen LogP contribution in [0.4, 0.5) is 4.39 Å². The van der Waals surface area contributed by atoms with Crippen molar-refractivity contribution in [2.75, 3.05) is 6.26 Å². The van der Waals surface area contributed by atoms with Gasteiger partial charge in [0.15, 0.2) is 5.16 Å². The van der Waals surface area contributed by atoms with Gasteiger partial charge in [0, 0.05) is 5.56 Å². The molecule has 1 aromatic carbocycles. The summed E-state index contributed by atoms with van der Waals surface area (Å²) in [6, 6.07) is 5.25. The summed E-state index contributed by atoms with van der Waals surface area (Å²) in [6.07, 6.45) is 1.65. The monoisotopic (exact) mass is 305 g/mol. The molecule has 106 valence electrons. The maximum Gasteiger partial charge on any atom is 0.339 e. The summed E-state index contributed by atoms with van der Waals surface area (Å²) in [7, 11) is 0. The summed E-state index contributed by atoms with van der Waals surface area (Å²) < 4.78 is 13.7. The number of aromatic amines is 1. The van der Waals surface area contributed by atoms with Gasteiger partial charge in [0.2, 0.25) is 0 Å². The molecule has 2 N–H and O–H groups in total. The van der Waals surface area contributed by atoms with Gasteiger partial charge in [0.25, 0.3) is 5.56 Å². The minimum Gasteiger partial charge on any atom is -0.478 e. The van der Waals surface area contributed by atoms with E-state index in [1.165, 1.54) is 12.1 Å². The molecule has 0 aliphatic heterocycles. The molecule has 0 spiro atoms. The number of halogens is 1. The summed E-state index contributed by atoms with van der Waals surface area (Å²) in [4.78, 5) is 29.4. The molecule has 0 aliphatic carbocycles. The van der Waals surface area contributed by atoms with Crippen LogP contribution in [0, 0.1) is 17.1 Å². The Morgan fingerprint density at radius 1 is 1.52 bits per heavy atom. The third-order valence-corrected chi connectivity index (χ3v) is 3.27. The predicted octanol–water partition coefficient (Wildman–Crippen LogP) is 1.87. The zero-order valence-corrected chi connectivity index (χ0v) is 11.5. The van der Waals surface area contributed by atoms with E-state index in [2.05, 4.69) is 9.97 Å². The van der Waals surface area contributed by atoms with E-state index in [0.717, 1.165) is 17.8 Å². The molecule has 1 heterocycles. The third-order valence-electron chi connectivity index (χ3n) is 2.69.